The summed E-state index contributed by atoms with van der Waals surface area (Å²) in [6.07, 6.45) is 4.85. The van der Waals surface area contributed by atoms with Crippen molar-refractivity contribution in [3.8, 4) is 6.07 Å². The van der Waals surface area contributed by atoms with Gasteiger partial charge in [-0.1, -0.05) is 0 Å². The minimum absolute atomic E-state index is 0. The lowest BCUT2D eigenvalue weighted by Gasteiger charge is -2.49. The van der Waals surface area contributed by atoms with Crippen LogP contribution >= 0.6 is 0 Å². The van der Waals surface area contributed by atoms with E-state index in [9.17, 15) is 0 Å². The molecule has 1 spiro atoms. The van der Waals surface area contributed by atoms with Crippen LogP contribution in [0.1, 0.15) is 39.5 Å². The third kappa shape index (κ3) is 3.58. The fourth-order valence-corrected chi connectivity index (χ4v) is 3.48. The number of hydrogen-bond acceptors (Lipinski definition) is 3. The second-order valence-electron chi connectivity index (χ2n) is 6.01. The number of likely N-dealkylation sites (tertiary alicyclic amines) is 1. The van der Waals surface area contributed by atoms with Gasteiger partial charge >= 0.3 is 0 Å². The molecule has 0 aromatic heterocycles. The molecule has 1 unspecified atom stereocenters. The highest BCUT2D eigenvalue weighted by Crippen LogP contribution is 2.44. The van der Waals surface area contributed by atoms with Crippen LogP contribution in [0.15, 0.2) is 0 Å². The van der Waals surface area contributed by atoms with Crippen LogP contribution in [0.4, 0.5) is 0 Å². The van der Waals surface area contributed by atoms with Gasteiger partial charge < -0.3 is 17.1 Å². The third-order valence-corrected chi connectivity index (χ3v) is 3.96. The average molecular weight is 258 g/mol. The number of hydrogen-bond donors (Lipinski definition) is 0. The van der Waals surface area contributed by atoms with E-state index in [1.165, 1.54) is 19.3 Å². The highest BCUT2D eigenvalue weighted by atomic mass is 35.5. The lowest BCUT2D eigenvalue weighted by molar-refractivity contribution is -0.121. The van der Waals surface area contributed by atoms with Crippen LogP contribution in [0.5, 0.6) is 0 Å². The van der Waals surface area contributed by atoms with Gasteiger partial charge in [-0.2, -0.15) is 5.26 Å². The van der Waals surface area contributed by atoms with Gasteiger partial charge in [0.2, 0.25) is 0 Å². The van der Waals surface area contributed by atoms with E-state index in [4.69, 9.17) is 10.00 Å². The Morgan fingerprint density at radius 3 is 2.76 bits per heavy atom. The largest absolute Gasteiger partial charge is 1.00 e. The molecule has 2 rings (SSSR count). The lowest BCUT2D eigenvalue weighted by atomic mass is 9.69. The molecule has 2 saturated heterocycles. The summed E-state index contributed by atoms with van der Waals surface area (Å²) in [5, 5.41) is 8.79. The van der Waals surface area contributed by atoms with Gasteiger partial charge in [-0.3, -0.25) is 4.90 Å². The summed E-state index contributed by atoms with van der Waals surface area (Å²) >= 11 is 0. The SMILES string of the molecule is CC1(C)CC2(CCCN(CC#N)C2)CCO1.[Cl-]. The molecular formula is C13H22ClN2O-. The first kappa shape index (κ1) is 14.8. The molecule has 0 amide bonds. The Hall–Kier alpha value is -0.300. The van der Waals surface area contributed by atoms with Crippen molar-refractivity contribution < 1.29 is 17.1 Å². The van der Waals surface area contributed by atoms with E-state index >= 15 is 0 Å². The van der Waals surface area contributed by atoms with Crippen LogP contribution in [-0.4, -0.2) is 36.7 Å². The number of rotatable bonds is 1. The second-order valence-corrected chi connectivity index (χ2v) is 6.01. The zero-order valence-corrected chi connectivity index (χ0v) is 11.6. The molecule has 0 saturated carbocycles. The molecule has 0 radical (unpaired) electrons. The molecule has 0 bridgehead atoms. The van der Waals surface area contributed by atoms with E-state index in [1.54, 1.807) is 0 Å². The van der Waals surface area contributed by atoms with E-state index in [0.29, 0.717) is 12.0 Å². The highest BCUT2D eigenvalue weighted by molar-refractivity contribution is 4.96. The molecule has 2 fully saturated rings. The summed E-state index contributed by atoms with van der Waals surface area (Å²) in [4.78, 5) is 2.31. The molecule has 2 aliphatic rings. The maximum Gasteiger partial charge on any atom is 0.0866 e. The topological polar surface area (TPSA) is 36.3 Å². The van der Waals surface area contributed by atoms with E-state index in [0.717, 1.165) is 26.1 Å². The molecule has 0 aromatic rings. The Kier molecular flexibility index (Phi) is 4.83. The molecule has 0 aliphatic carbocycles. The summed E-state index contributed by atoms with van der Waals surface area (Å²) < 4.78 is 5.80. The van der Waals surface area contributed by atoms with Gasteiger partial charge in [-0.25, -0.2) is 0 Å². The molecule has 1 atom stereocenters. The minimum Gasteiger partial charge on any atom is -1.00 e. The molecule has 0 N–H and O–H groups in total. The number of ether oxygens (including phenoxy) is 1. The van der Waals surface area contributed by atoms with E-state index in [1.807, 2.05) is 0 Å². The van der Waals surface area contributed by atoms with Gasteiger partial charge in [0.05, 0.1) is 18.2 Å². The van der Waals surface area contributed by atoms with E-state index in [-0.39, 0.29) is 18.0 Å². The third-order valence-electron chi connectivity index (χ3n) is 3.96. The fraction of sp³-hybridized carbons (Fsp3) is 0.923. The van der Waals surface area contributed by atoms with Crippen molar-refractivity contribution in [2.24, 2.45) is 5.41 Å². The van der Waals surface area contributed by atoms with Gasteiger partial charge in [-0.05, 0) is 51.5 Å². The molecule has 17 heavy (non-hydrogen) atoms. The van der Waals surface area contributed by atoms with Crippen molar-refractivity contribution in [2.75, 3.05) is 26.2 Å². The Morgan fingerprint density at radius 1 is 1.35 bits per heavy atom. The summed E-state index contributed by atoms with van der Waals surface area (Å²) in [6.45, 7) is 8.04. The fourth-order valence-electron chi connectivity index (χ4n) is 3.48. The number of halogens is 1. The molecule has 3 nitrogen and oxygen atoms in total. The minimum atomic E-state index is 0. The molecular weight excluding hydrogens is 236 g/mol. The van der Waals surface area contributed by atoms with Crippen molar-refractivity contribution in [3.63, 3.8) is 0 Å². The zero-order chi connectivity index (χ0) is 11.6. The average Bonchev–Trinajstić information content (AvgIpc) is 2.16. The van der Waals surface area contributed by atoms with Crippen molar-refractivity contribution in [3.05, 3.63) is 0 Å². The molecule has 2 heterocycles. The summed E-state index contributed by atoms with van der Waals surface area (Å²) in [5.41, 5.74) is 0.435. The van der Waals surface area contributed by atoms with Gasteiger partial charge in [0.15, 0.2) is 0 Å². The Labute approximate surface area is 111 Å². The van der Waals surface area contributed by atoms with Gasteiger partial charge in [0.25, 0.3) is 0 Å². The van der Waals surface area contributed by atoms with Crippen LogP contribution in [0.2, 0.25) is 0 Å². The molecule has 0 aromatic carbocycles. The molecule has 2 aliphatic heterocycles. The predicted octanol–water partition coefficient (Wildman–Crippen LogP) is -0.815. The van der Waals surface area contributed by atoms with Gasteiger partial charge in [-0.15, -0.1) is 0 Å². The molecule has 98 valence electrons. The van der Waals surface area contributed by atoms with Crippen LogP contribution < -0.4 is 12.4 Å². The van der Waals surface area contributed by atoms with Crippen LogP contribution in [-0.2, 0) is 4.74 Å². The lowest BCUT2D eigenvalue weighted by Crippen LogP contribution is -3.00. The predicted molar refractivity (Wildman–Crippen MR) is 63.0 cm³/mol. The Balaban J connectivity index is 0.00000144. The maximum atomic E-state index is 8.79. The quantitative estimate of drug-likeness (QED) is 0.577. The van der Waals surface area contributed by atoms with Gasteiger partial charge in [0.1, 0.15) is 0 Å². The first-order valence-corrected chi connectivity index (χ1v) is 6.29. The first-order chi connectivity index (χ1) is 7.55. The number of nitriles is 1. The zero-order valence-electron chi connectivity index (χ0n) is 10.8. The van der Waals surface area contributed by atoms with E-state index in [2.05, 4.69) is 24.8 Å². The highest BCUT2D eigenvalue weighted by Gasteiger charge is 2.43. The number of nitrogens with zero attached hydrogens (tertiary/aromatic N) is 2. The number of piperidine rings is 1. The normalized spacial score (nSPS) is 32.8. The summed E-state index contributed by atoms with van der Waals surface area (Å²) in [5.74, 6) is 0. The van der Waals surface area contributed by atoms with Gasteiger partial charge in [0, 0.05) is 13.2 Å². The van der Waals surface area contributed by atoms with Crippen molar-refractivity contribution in [1.82, 2.24) is 4.90 Å². The van der Waals surface area contributed by atoms with Crippen molar-refractivity contribution >= 4 is 0 Å². The Bertz CT molecular complexity index is 296. The smallest absolute Gasteiger partial charge is 0.0866 e. The molecule has 4 heteroatoms. The van der Waals surface area contributed by atoms with Crippen LogP contribution in [0, 0.1) is 16.7 Å². The Morgan fingerprint density at radius 2 is 2.12 bits per heavy atom. The van der Waals surface area contributed by atoms with Crippen LogP contribution in [0.25, 0.3) is 0 Å². The maximum absolute atomic E-state index is 8.79. The monoisotopic (exact) mass is 257 g/mol. The van der Waals surface area contributed by atoms with Crippen molar-refractivity contribution in [2.45, 2.75) is 45.1 Å². The first-order valence-electron chi connectivity index (χ1n) is 6.29. The summed E-state index contributed by atoms with van der Waals surface area (Å²) in [6, 6.07) is 2.27. The van der Waals surface area contributed by atoms with Crippen LogP contribution in [0.3, 0.4) is 0 Å². The second kappa shape index (κ2) is 5.56. The van der Waals surface area contributed by atoms with Crippen molar-refractivity contribution in [1.29, 1.82) is 5.26 Å². The standard InChI is InChI=1S/C13H22N2O.ClH/c1-12(2)10-13(5-9-16-12)4-3-7-15(11-13)8-6-14;/h3-5,7-11H2,1-2H3;1H/p-1. The van der Waals surface area contributed by atoms with E-state index < -0.39 is 0 Å². The summed E-state index contributed by atoms with van der Waals surface area (Å²) in [7, 11) is 0.